The van der Waals surface area contributed by atoms with E-state index in [1.54, 1.807) is 12.1 Å². The molecule has 0 saturated heterocycles. The van der Waals surface area contributed by atoms with Gasteiger partial charge in [0.1, 0.15) is 0 Å². The van der Waals surface area contributed by atoms with Gasteiger partial charge >= 0.3 is 6.01 Å². The molecule has 1 aromatic heterocycles. The van der Waals surface area contributed by atoms with E-state index in [2.05, 4.69) is 41.5 Å². The lowest BCUT2D eigenvalue weighted by molar-refractivity contribution is -0.115. The van der Waals surface area contributed by atoms with Gasteiger partial charge in [-0.25, -0.2) is 0 Å². The van der Waals surface area contributed by atoms with Gasteiger partial charge in [0.05, 0.1) is 12.8 Å². The fourth-order valence-electron chi connectivity index (χ4n) is 2.91. The number of fused-ring (bicyclic) bond motifs is 1. The number of amides is 1. The molecule has 0 fully saturated rings. The first-order valence-electron chi connectivity index (χ1n) is 9.31. The van der Waals surface area contributed by atoms with E-state index in [9.17, 15) is 4.79 Å². The molecule has 4 rings (SSSR count). The van der Waals surface area contributed by atoms with E-state index in [0.29, 0.717) is 29.1 Å². The molecule has 1 aliphatic heterocycles. The minimum Gasteiger partial charge on any atom is -0.454 e. The Kier molecular flexibility index (Phi) is 5.71. The summed E-state index contributed by atoms with van der Waals surface area (Å²) in [4.78, 5) is 13.5. The summed E-state index contributed by atoms with van der Waals surface area (Å²) in [5, 5.41) is 11.1. The Bertz CT molecular complexity index is 1000. The Hall–Kier alpha value is -3.00. The van der Waals surface area contributed by atoms with Gasteiger partial charge in [0.15, 0.2) is 11.5 Å². The third-order valence-electron chi connectivity index (χ3n) is 4.17. The zero-order chi connectivity index (χ0) is 20.2. The van der Waals surface area contributed by atoms with Crippen molar-refractivity contribution < 1.29 is 18.7 Å². The number of hydrogen-bond donors (Lipinski definition) is 1. The van der Waals surface area contributed by atoms with Crippen molar-refractivity contribution in [3.63, 3.8) is 0 Å². The van der Waals surface area contributed by atoms with Gasteiger partial charge in [-0.3, -0.25) is 10.1 Å². The van der Waals surface area contributed by atoms with Gasteiger partial charge in [-0.15, -0.1) is 16.9 Å². The highest BCUT2D eigenvalue weighted by Gasteiger charge is 2.16. The average Bonchev–Trinajstić information content (AvgIpc) is 3.31. The fraction of sp³-hybridized carbons (Fsp3) is 0.286. The predicted molar refractivity (Wildman–Crippen MR) is 109 cm³/mol. The summed E-state index contributed by atoms with van der Waals surface area (Å²) in [6, 6.07) is 13.8. The zero-order valence-electron chi connectivity index (χ0n) is 16.2. The molecular formula is C21H21N3O4S. The van der Waals surface area contributed by atoms with Crippen molar-refractivity contribution in [2.45, 2.75) is 36.8 Å². The normalized spacial score (nSPS) is 12.4. The number of thioether (sulfide) groups is 1. The van der Waals surface area contributed by atoms with Crippen LogP contribution in [0.3, 0.4) is 0 Å². The van der Waals surface area contributed by atoms with Crippen LogP contribution in [0.2, 0.25) is 0 Å². The van der Waals surface area contributed by atoms with Crippen molar-refractivity contribution in [2.75, 3.05) is 12.1 Å². The first kappa shape index (κ1) is 19.3. The highest BCUT2D eigenvalue weighted by Crippen LogP contribution is 2.32. The molecule has 0 spiro atoms. The first-order chi connectivity index (χ1) is 14.0. The molecule has 0 atom stereocenters. The zero-order valence-corrected chi connectivity index (χ0v) is 17.0. The van der Waals surface area contributed by atoms with Crippen molar-refractivity contribution >= 4 is 23.7 Å². The van der Waals surface area contributed by atoms with E-state index in [4.69, 9.17) is 13.9 Å². The van der Waals surface area contributed by atoms with Crippen LogP contribution in [-0.2, 0) is 17.6 Å². The number of anilines is 1. The summed E-state index contributed by atoms with van der Waals surface area (Å²) in [5.74, 6) is 1.54. The largest absolute Gasteiger partial charge is 0.454 e. The molecule has 0 unspecified atom stereocenters. The lowest BCUT2D eigenvalue weighted by Gasteiger charge is -2.05. The topological polar surface area (TPSA) is 86.5 Å². The smallest absolute Gasteiger partial charge is 0.322 e. The second kappa shape index (κ2) is 8.57. The van der Waals surface area contributed by atoms with Crippen LogP contribution in [0.15, 0.2) is 51.8 Å². The number of nitrogens with one attached hydrogen (secondary N) is 1. The average molecular weight is 411 g/mol. The lowest BCUT2D eigenvalue weighted by Crippen LogP contribution is -2.14. The molecule has 1 aliphatic rings. The molecule has 0 saturated carbocycles. The molecule has 3 aromatic rings. The van der Waals surface area contributed by atoms with Gasteiger partial charge in [-0.05, 0) is 35.4 Å². The number of nitrogens with zero attached hydrogens (tertiary/aromatic N) is 2. The van der Waals surface area contributed by atoms with Crippen molar-refractivity contribution in [3.8, 4) is 11.5 Å². The van der Waals surface area contributed by atoms with Crippen LogP contribution in [0, 0.1) is 0 Å². The van der Waals surface area contributed by atoms with Crippen molar-refractivity contribution in [2.24, 2.45) is 0 Å². The molecule has 150 valence electrons. The summed E-state index contributed by atoms with van der Waals surface area (Å²) in [7, 11) is 0. The molecule has 29 heavy (non-hydrogen) atoms. The summed E-state index contributed by atoms with van der Waals surface area (Å²) in [6.45, 7) is 4.54. The monoisotopic (exact) mass is 411 g/mol. The summed E-state index contributed by atoms with van der Waals surface area (Å²) in [6.07, 6.45) is 0.682. The number of ether oxygens (including phenoxy) is 2. The Balaban J connectivity index is 1.32. The SMILES string of the molecule is CC(C)Sc1ccc(Cc2nnc(NC(=O)Cc3ccc4c(c3)OCO4)o2)cc1. The maximum absolute atomic E-state index is 12.3. The van der Waals surface area contributed by atoms with Crippen molar-refractivity contribution in [1.82, 2.24) is 10.2 Å². The van der Waals surface area contributed by atoms with E-state index < -0.39 is 0 Å². The van der Waals surface area contributed by atoms with E-state index in [-0.39, 0.29) is 25.1 Å². The van der Waals surface area contributed by atoms with Gasteiger partial charge in [0.2, 0.25) is 18.6 Å². The van der Waals surface area contributed by atoms with Gasteiger partial charge in [0.25, 0.3) is 0 Å². The number of carbonyl (C=O) groups excluding carboxylic acids is 1. The predicted octanol–water partition coefficient (Wildman–Crippen LogP) is 4.07. The van der Waals surface area contributed by atoms with E-state index in [1.807, 2.05) is 30.0 Å². The summed E-state index contributed by atoms with van der Waals surface area (Å²) >= 11 is 1.82. The van der Waals surface area contributed by atoms with Crippen molar-refractivity contribution in [1.29, 1.82) is 0 Å². The van der Waals surface area contributed by atoms with Gasteiger partial charge in [0, 0.05) is 10.1 Å². The van der Waals surface area contributed by atoms with Crippen molar-refractivity contribution in [3.05, 3.63) is 59.5 Å². The quantitative estimate of drug-likeness (QED) is 0.587. The van der Waals surface area contributed by atoms with E-state index in [0.717, 1.165) is 11.1 Å². The number of benzene rings is 2. The Labute approximate surface area is 172 Å². The second-order valence-electron chi connectivity index (χ2n) is 6.90. The lowest BCUT2D eigenvalue weighted by atomic mass is 10.1. The Morgan fingerprint density at radius 3 is 2.62 bits per heavy atom. The third kappa shape index (κ3) is 5.08. The van der Waals surface area contributed by atoms with Crippen LogP contribution in [0.25, 0.3) is 0 Å². The van der Waals surface area contributed by atoms with E-state index in [1.165, 1.54) is 4.90 Å². The molecule has 2 heterocycles. The minimum atomic E-state index is -0.242. The van der Waals surface area contributed by atoms with E-state index >= 15 is 0 Å². The van der Waals surface area contributed by atoms with Crippen LogP contribution >= 0.6 is 11.8 Å². The van der Waals surface area contributed by atoms with Crippen LogP contribution < -0.4 is 14.8 Å². The standard InChI is InChI=1S/C21H21N3O4S/c1-13(2)29-16-6-3-14(4-7-16)11-20-23-24-21(28-20)22-19(25)10-15-5-8-17-18(9-15)27-12-26-17/h3-9,13H,10-12H2,1-2H3,(H,22,24,25). The molecule has 1 amide bonds. The molecule has 0 bridgehead atoms. The highest BCUT2D eigenvalue weighted by atomic mass is 32.2. The van der Waals surface area contributed by atoms with Gasteiger partial charge < -0.3 is 13.9 Å². The third-order valence-corrected chi connectivity index (χ3v) is 5.18. The molecular weight excluding hydrogens is 390 g/mol. The molecule has 0 radical (unpaired) electrons. The summed E-state index contributed by atoms with van der Waals surface area (Å²) < 4.78 is 16.2. The summed E-state index contributed by atoms with van der Waals surface area (Å²) in [5.41, 5.74) is 1.88. The molecule has 1 N–H and O–H groups in total. The highest BCUT2D eigenvalue weighted by molar-refractivity contribution is 7.99. The Morgan fingerprint density at radius 2 is 1.83 bits per heavy atom. The van der Waals surface area contributed by atoms with Gasteiger partial charge in [-0.2, -0.15) is 0 Å². The molecule has 0 aliphatic carbocycles. The molecule has 2 aromatic carbocycles. The number of rotatable bonds is 7. The Morgan fingerprint density at radius 1 is 1.07 bits per heavy atom. The molecule has 8 heteroatoms. The number of carbonyl (C=O) groups is 1. The maximum Gasteiger partial charge on any atom is 0.322 e. The minimum absolute atomic E-state index is 0.0951. The van der Waals surface area contributed by atoms with Crippen LogP contribution in [0.5, 0.6) is 11.5 Å². The maximum atomic E-state index is 12.3. The fourth-order valence-corrected chi connectivity index (χ4v) is 3.75. The van der Waals surface area contributed by atoms with Gasteiger partial charge in [-0.1, -0.05) is 37.1 Å². The molecule has 7 nitrogen and oxygen atoms in total. The number of aromatic nitrogens is 2. The van der Waals surface area contributed by atoms with Crippen LogP contribution in [0.4, 0.5) is 6.01 Å². The first-order valence-corrected chi connectivity index (χ1v) is 10.2. The van der Waals surface area contributed by atoms with Crippen LogP contribution in [-0.4, -0.2) is 28.1 Å². The van der Waals surface area contributed by atoms with Crippen LogP contribution in [0.1, 0.15) is 30.9 Å². The number of hydrogen-bond acceptors (Lipinski definition) is 7. The second-order valence-corrected chi connectivity index (χ2v) is 8.55.